The van der Waals surface area contributed by atoms with Crippen LogP contribution in [-0.2, 0) is 19.1 Å². The van der Waals surface area contributed by atoms with Crippen LogP contribution < -0.4 is 10.6 Å². The molecule has 8 heteroatoms. The predicted molar refractivity (Wildman–Crippen MR) is 125 cm³/mol. The summed E-state index contributed by atoms with van der Waals surface area (Å²) < 4.78 is 11.0. The predicted octanol–water partition coefficient (Wildman–Crippen LogP) is 3.44. The molecule has 180 valence electrons. The number of carboxylic acids is 1. The van der Waals surface area contributed by atoms with Crippen LogP contribution in [-0.4, -0.2) is 54.5 Å². The van der Waals surface area contributed by atoms with E-state index in [0.29, 0.717) is 12.8 Å². The van der Waals surface area contributed by atoms with Crippen molar-refractivity contribution in [2.45, 2.75) is 50.1 Å². The highest BCUT2D eigenvalue weighted by atomic mass is 16.5. The maximum atomic E-state index is 13.1. The fourth-order valence-corrected chi connectivity index (χ4v) is 4.80. The minimum absolute atomic E-state index is 0.0986. The summed E-state index contributed by atoms with van der Waals surface area (Å²) in [4.78, 5) is 37.5. The van der Waals surface area contributed by atoms with Crippen LogP contribution in [0.25, 0.3) is 11.1 Å². The number of aliphatic carboxylic acids is 1. The number of carboxylic acid groups (broad SMARTS) is 1. The highest BCUT2D eigenvalue weighted by molar-refractivity contribution is 5.93. The lowest BCUT2D eigenvalue weighted by Gasteiger charge is -2.36. The summed E-state index contributed by atoms with van der Waals surface area (Å²) in [5.41, 5.74) is 3.17. The lowest BCUT2D eigenvalue weighted by Crippen LogP contribution is -2.63. The Bertz CT molecular complexity index is 1020. The fraction of sp³-hybridized carbons (Fsp3) is 0.423. The van der Waals surface area contributed by atoms with Gasteiger partial charge in [0, 0.05) is 32.0 Å². The molecular formula is C26H30N2O6. The van der Waals surface area contributed by atoms with Crippen molar-refractivity contribution in [1.82, 2.24) is 10.6 Å². The Kier molecular flexibility index (Phi) is 7.17. The average molecular weight is 467 g/mol. The zero-order valence-electron chi connectivity index (χ0n) is 19.2. The Balaban J connectivity index is 1.46. The third-order valence-corrected chi connectivity index (χ3v) is 6.65. The summed E-state index contributed by atoms with van der Waals surface area (Å²) in [7, 11) is 0. The van der Waals surface area contributed by atoms with Gasteiger partial charge in [-0.25, -0.2) is 9.59 Å². The summed E-state index contributed by atoms with van der Waals surface area (Å²) in [5.74, 6) is -1.72. The number of carbonyl (C=O) groups is 3. The number of fused-ring (bicyclic) bond motifs is 3. The highest BCUT2D eigenvalue weighted by Crippen LogP contribution is 2.44. The molecule has 0 bridgehead atoms. The molecule has 1 fully saturated rings. The van der Waals surface area contributed by atoms with Crippen LogP contribution in [0.4, 0.5) is 4.79 Å². The average Bonchev–Trinajstić information content (AvgIpc) is 3.16. The number of alkyl carbamates (subject to hydrolysis) is 1. The Morgan fingerprint density at radius 1 is 1.06 bits per heavy atom. The zero-order valence-corrected chi connectivity index (χ0v) is 19.2. The van der Waals surface area contributed by atoms with Crippen molar-refractivity contribution >= 4 is 18.0 Å². The van der Waals surface area contributed by atoms with E-state index in [-0.39, 0.29) is 38.6 Å². The molecule has 2 aromatic rings. The van der Waals surface area contributed by atoms with E-state index in [0.717, 1.165) is 22.3 Å². The molecular weight excluding hydrogens is 436 g/mol. The SMILES string of the molecule is CCCC(NC(=O)C1(NC(=O)OCC2c3ccccc3-c3ccccc32)CCOCC1)C(=O)O. The Morgan fingerprint density at radius 3 is 2.21 bits per heavy atom. The Hall–Kier alpha value is -3.39. The molecule has 1 atom stereocenters. The van der Waals surface area contributed by atoms with E-state index in [2.05, 4.69) is 22.8 Å². The van der Waals surface area contributed by atoms with Gasteiger partial charge in [0.05, 0.1) is 0 Å². The first-order chi connectivity index (χ1) is 16.4. The first-order valence-electron chi connectivity index (χ1n) is 11.7. The van der Waals surface area contributed by atoms with E-state index < -0.39 is 29.6 Å². The molecule has 4 rings (SSSR count). The minimum atomic E-state index is -1.28. The van der Waals surface area contributed by atoms with Crippen LogP contribution in [0.15, 0.2) is 48.5 Å². The van der Waals surface area contributed by atoms with Crippen molar-refractivity contribution in [3.63, 3.8) is 0 Å². The molecule has 1 aliphatic carbocycles. The minimum Gasteiger partial charge on any atom is -0.480 e. The second-order valence-corrected chi connectivity index (χ2v) is 8.80. The molecule has 0 saturated carbocycles. The number of ether oxygens (including phenoxy) is 2. The van der Waals surface area contributed by atoms with Crippen LogP contribution in [0.1, 0.15) is 49.7 Å². The van der Waals surface area contributed by atoms with Gasteiger partial charge in [0.15, 0.2) is 0 Å². The van der Waals surface area contributed by atoms with Gasteiger partial charge in [0.1, 0.15) is 18.2 Å². The van der Waals surface area contributed by atoms with Crippen LogP contribution in [0.5, 0.6) is 0 Å². The first kappa shape index (κ1) is 23.8. The molecule has 1 aliphatic heterocycles. The standard InChI is InChI=1S/C26H30N2O6/c1-2-7-22(23(29)30)27-24(31)26(12-14-33-15-13-26)28-25(32)34-16-21-19-10-5-3-8-17(19)18-9-4-6-11-20(18)21/h3-6,8-11,21-22H,2,7,12-16H2,1H3,(H,27,31)(H,28,32)(H,29,30). The van der Waals surface area contributed by atoms with E-state index in [9.17, 15) is 19.5 Å². The van der Waals surface area contributed by atoms with Crippen molar-refractivity contribution in [2.24, 2.45) is 0 Å². The molecule has 2 amide bonds. The number of carbonyl (C=O) groups excluding carboxylic acids is 2. The molecule has 34 heavy (non-hydrogen) atoms. The smallest absolute Gasteiger partial charge is 0.408 e. The normalized spacial score (nSPS) is 17.2. The van der Waals surface area contributed by atoms with Gasteiger partial charge < -0.3 is 25.2 Å². The van der Waals surface area contributed by atoms with Gasteiger partial charge in [-0.2, -0.15) is 0 Å². The van der Waals surface area contributed by atoms with Crippen molar-refractivity contribution < 1.29 is 29.0 Å². The molecule has 0 aromatic heterocycles. The molecule has 1 saturated heterocycles. The number of hydrogen-bond acceptors (Lipinski definition) is 5. The van der Waals surface area contributed by atoms with Gasteiger partial charge in [0.2, 0.25) is 5.91 Å². The van der Waals surface area contributed by atoms with Crippen LogP contribution in [0.2, 0.25) is 0 Å². The van der Waals surface area contributed by atoms with E-state index in [1.54, 1.807) is 0 Å². The Morgan fingerprint density at radius 2 is 1.65 bits per heavy atom. The summed E-state index contributed by atoms with van der Waals surface area (Å²) in [5, 5.41) is 14.8. The van der Waals surface area contributed by atoms with E-state index >= 15 is 0 Å². The summed E-state index contributed by atoms with van der Waals surface area (Å²) in [6, 6.07) is 15.1. The maximum absolute atomic E-state index is 13.1. The number of hydrogen-bond donors (Lipinski definition) is 3. The maximum Gasteiger partial charge on any atom is 0.408 e. The molecule has 3 N–H and O–H groups in total. The molecule has 1 unspecified atom stereocenters. The van der Waals surface area contributed by atoms with Crippen LogP contribution in [0, 0.1) is 0 Å². The quantitative estimate of drug-likeness (QED) is 0.549. The fourth-order valence-electron chi connectivity index (χ4n) is 4.80. The van der Waals surface area contributed by atoms with E-state index in [4.69, 9.17) is 9.47 Å². The van der Waals surface area contributed by atoms with Gasteiger partial charge in [-0.15, -0.1) is 0 Å². The van der Waals surface area contributed by atoms with Crippen molar-refractivity contribution in [1.29, 1.82) is 0 Å². The summed E-state index contributed by atoms with van der Waals surface area (Å²) in [6.07, 6.45) is 0.677. The lowest BCUT2D eigenvalue weighted by atomic mass is 9.88. The molecule has 1 heterocycles. The van der Waals surface area contributed by atoms with Crippen LogP contribution >= 0.6 is 0 Å². The van der Waals surface area contributed by atoms with Crippen LogP contribution in [0.3, 0.4) is 0 Å². The van der Waals surface area contributed by atoms with Gasteiger partial charge in [-0.1, -0.05) is 61.9 Å². The highest BCUT2D eigenvalue weighted by Gasteiger charge is 2.43. The van der Waals surface area contributed by atoms with Gasteiger partial charge in [-0.05, 0) is 28.7 Å². The zero-order chi connectivity index (χ0) is 24.1. The number of rotatable bonds is 8. The van der Waals surface area contributed by atoms with Gasteiger partial charge in [-0.3, -0.25) is 4.79 Å². The molecule has 0 spiro atoms. The second kappa shape index (κ2) is 10.3. The van der Waals surface area contributed by atoms with E-state index in [1.807, 2.05) is 43.3 Å². The topological polar surface area (TPSA) is 114 Å². The monoisotopic (exact) mass is 466 g/mol. The third kappa shape index (κ3) is 4.77. The number of amides is 2. The van der Waals surface area contributed by atoms with Crippen molar-refractivity contribution in [3.8, 4) is 11.1 Å². The summed E-state index contributed by atoms with van der Waals surface area (Å²) in [6.45, 7) is 2.54. The van der Waals surface area contributed by atoms with E-state index in [1.165, 1.54) is 0 Å². The van der Waals surface area contributed by atoms with Gasteiger partial charge in [0.25, 0.3) is 0 Å². The first-order valence-corrected chi connectivity index (χ1v) is 11.7. The number of benzene rings is 2. The summed E-state index contributed by atoms with van der Waals surface area (Å²) >= 11 is 0. The Labute approximate surface area is 198 Å². The van der Waals surface area contributed by atoms with Crippen molar-refractivity contribution in [2.75, 3.05) is 19.8 Å². The largest absolute Gasteiger partial charge is 0.480 e. The molecule has 8 nitrogen and oxygen atoms in total. The van der Waals surface area contributed by atoms with Gasteiger partial charge >= 0.3 is 12.1 Å². The van der Waals surface area contributed by atoms with Crippen molar-refractivity contribution in [3.05, 3.63) is 59.7 Å². The second-order valence-electron chi connectivity index (χ2n) is 8.80. The molecule has 0 radical (unpaired) electrons. The third-order valence-electron chi connectivity index (χ3n) is 6.65. The molecule has 2 aromatic carbocycles. The molecule has 2 aliphatic rings. The lowest BCUT2D eigenvalue weighted by molar-refractivity contribution is -0.144. The number of nitrogens with one attached hydrogen (secondary N) is 2.